The average Bonchev–Trinajstić information content (AvgIpc) is 3.10. The molecule has 0 fully saturated rings. The highest BCUT2D eigenvalue weighted by Crippen LogP contribution is 2.37. The number of hydrogen-bond acceptors (Lipinski definition) is 7. The Hall–Kier alpha value is -6.70. The number of aryl methyl sites for hydroxylation is 1. The van der Waals surface area contributed by atoms with Crippen molar-refractivity contribution < 1.29 is 24.1 Å². The lowest BCUT2D eigenvalue weighted by atomic mass is 9.78. The molecule has 0 aromatic heterocycles. The predicted octanol–water partition coefficient (Wildman–Crippen LogP) is 10.9. The van der Waals surface area contributed by atoms with Crippen LogP contribution in [-0.2, 0) is 5.41 Å². The van der Waals surface area contributed by atoms with E-state index in [4.69, 9.17) is 18.9 Å². The van der Waals surface area contributed by atoms with E-state index in [9.17, 15) is 15.6 Å². The van der Waals surface area contributed by atoms with Crippen LogP contribution in [-0.4, -0.2) is 5.11 Å². The zero-order chi connectivity index (χ0) is 34.4. The monoisotopic (exact) mass is 644 g/mol. The molecule has 6 aromatic carbocycles. The lowest BCUT2D eigenvalue weighted by molar-refractivity contribution is 0.447. The van der Waals surface area contributed by atoms with Gasteiger partial charge in [-0.25, -0.2) is 0 Å². The van der Waals surface area contributed by atoms with E-state index < -0.39 is 0 Å². The van der Waals surface area contributed by atoms with Crippen molar-refractivity contribution in [1.29, 1.82) is 10.5 Å². The Balaban J connectivity index is 1.13. The molecule has 240 valence electrons. The van der Waals surface area contributed by atoms with Gasteiger partial charge < -0.3 is 24.1 Å². The number of phenols is 1. The van der Waals surface area contributed by atoms with Crippen molar-refractivity contribution in [3.63, 3.8) is 0 Å². The number of aromatic hydroxyl groups is 1. The van der Waals surface area contributed by atoms with Crippen LogP contribution in [0.3, 0.4) is 0 Å². The summed E-state index contributed by atoms with van der Waals surface area (Å²) in [5, 5.41) is 29.0. The van der Waals surface area contributed by atoms with Gasteiger partial charge in [-0.3, -0.25) is 0 Å². The van der Waals surface area contributed by atoms with Crippen LogP contribution in [0, 0.1) is 29.6 Å². The second-order valence-electron chi connectivity index (χ2n) is 11.9. The molecule has 0 saturated carbocycles. The van der Waals surface area contributed by atoms with E-state index in [1.54, 1.807) is 48.5 Å². The normalized spacial score (nSPS) is 10.8. The number of ether oxygens (including phenoxy) is 4. The largest absolute Gasteiger partial charge is 0.508 e. The Morgan fingerprint density at radius 1 is 0.490 bits per heavy atom. The molecule has 1 N–H and O–H groups in total. The van der Waals surface area contributed by atoms with Gasteiger partial charge in [-0.1, -0.05) is 62.4 Å². The van der Waals surface area contributed by atoms with Crippen molar-refractivity contribution >= 4 is 0 Å². The molecule has 6 aromatic rings. The fourth-order valence-electron chi connectivity index (χ4n) is 5.34. The summed E-state index contributed by atoms with van der Waals surface area (Å²) in [6.07, 6.45) is 0. The van der Waals surface area contributed by atoms with E-state index in [-0.39, 0.29) is 16.7 Å². The molecule has 0 aliphatic heterocycles. The van der Waals surface area contributed by atoms with E-state index in [2.05, 4.69) is 26.0 Å². The number of benzene rings is 6. The standard InChI is InChI=1S/C42H32N2O5/c1-28-7-4-10-39(37(28)26-43)47-33-21-15-30(16-22-33)42(2,3)29-13-19-32(20-14-29)46-35-8-5-9-36(25-35)49-41-12-6-11-40(38(41)27-44)48-34-23-17-31(45)18-24-34/h4-25,45H,1-3H3. The highest BCUT2D eigenvalue weighted by Gasteiger charge is 2.23. The van der Waals surface area contributed by atoms with Crippen LogP contribution in [0.5, 0.6) is 51.7 Å². The van der Waals surface area contributed by atoms with E-state index in [1.807, 2.05) is 79.7 Å². The molecule has 0 heterocycles. The Morgan fingerprint density at radius 3 is 1.43 bits per heavy atom. The molecule has 0 bridgehead atoms. The average molecular weight is 645 g/mol. The molecular formula is C42H32N2O5. The summed E-state index contributed by atoms with van der Waals surface area (Å²) >= 11 is 0. The summed E-state index contributed by atoms with van der Waals surface area (Å²) in [6, 6.07) is 44.4. The van der Waals surface area contributed by atoms with Gasteiger partial charge in [0.1, 0.15) is 69.4 Å². The Labute approximate surface area is 285 Å². The summed E-state index contributed by atoms with van der Waals surface area (Å²) in [5.74, 6) is 4.20. The smallest absolute Gasteiger partial charge is 0.149 e. The van der Waals surface area contributed by atoms with Gasteiger partial charge in [0.05, 0.1) is 5.56 Å². The first-order valence-electron chi connectivity index (χ1n) is 15.6. The van der Waals surface area contributed by atoms with Crippen molar-refractivity contribution in [2.75, 3.05) is 0 Å². The molecule has 7 nitrogen and oxygen atoms in total. The van der Waals surface area contributed by atoms with Gasteiger partial charge in [-0.05, 0) is 102 Å². The molecule has 0 radical (unpaired) electrons. The maximum Gasteiger partial charge on any atom is 0.149 e. The van der Waals surface area contributed by atoms with Crippen molar-refractivity contribution in [3.05, 3.63) is 161 Å². The van der Waals surface area contributed by atoms with Gasteiger partial charge in [-0.15, -0.1) is 0 Å². The predicted molar refractivity (Wildman–Crippen MR) is 187 cm³/mol. The summed E-state index contributed by atoms with van der Waals surface area (Å²) < 4.78 is 24.2. The number of nitrogens with zero attached hydrogens (tertiary/aromatic N) is 2. The third-order valence-electron chi connectivity index (χ3n) is 8.16. The lowest BCUT2D eigenvalue weighted by Gasteiger charge is -2.26. The van der Waals surface area contributed by atoms with Gasteiger partial charge in [0, 0.05) is 11.5 Å². The van der Waals surface area contributed by atoms with E-state index in [0.717, 1.165) is 16.7 Å². The molecule has 0 spiro atoms. The van der Waals surface area contributed by atoms with Crippen LogP contribution >= 0.6 is 0 Å². The van der Waals surface area contributed by atoms with Gasteiger partial charge in [0.15, 0.2) is 0 Å². The fraction of sp³-hybridized carbons (Fsp3) is 0.0952. The quantitative estimate of drug-likeness (QED) is 0.158. The minimum absolute atomic E-state index is 0.121. The van der Waals surface area contributed by atoms with Gasteiger partial charge >= 0.3 is 0 Å². The van der Waals surface area contributed by atoms with Crippen LogP contribution in [0.15, 0.2) is 133 Å². The van der Waals surface area contributed by atoms with Crippen molar-refractivity contribution in [1.82, 2.24) is 0 Å². The molecular weight excluding hydrogens is 612 g/mol. The highest BCUT2D eigenvalue weighted by atomic mass is 16.5. The summed E-state index contributed by atoms with van der Waals surface area (Å²) in [7, 11) is 0. The molecule has 49 heavy (non-hydrogen) atoms. The second kappa shape index (κ2) is 14.0. The summed E-state index contributed by atoms with van der Waals surface area (Å²) in [6.45, 7) is 6.22. The first-order chi connectivity index (χ1) is 23.7. The Kier molecular flexibility index (Phi) is 9.19. The zero-order valence-corrected chi connectivity index (χ0v) is 27.2. The number of hydrogen-bond donors (Lipinski definition) is 1. The van der Waals surface area contributed by atoms with Crippen molar-refractivity contribution in [2.24, 2.45) is 0 Å². The molecule has 7 heteroatoms. The molecule has 0 atom stereocenters. The molecule has 6 rings (SSSR count). The minimum atomic E-state index is -0.301. The number of nitriles is 2. The Morgan fingerprint density at radius 2 is 0.898 bits per heavy atom. The van der Waals surface area contributed by atoms with Crippen LogP contribution in [0.1, 0.15) is 41.7 Å². The number of rotatable bonds is 10. The SMILES string of the molecule is Cc1cccc(Oc2ccc(C(C)(C)c3ccc(Oc4cccc(Oc5cccc(Oc6ccc(O)cc6)c5C#N)c4)cc3)cc2)c1C#N. The topological polar surface area (TPSA) is 105 Å². The summed E-state index contributed by atoms with van der Waals surface area (Å²) in [5.41, 5.74) is 3.56. The van der Waals surface area contributed by atoms with Gasteiger partial charge in [0.2, 0.25) is 0 Å². The van der Waals surface area contributed by atoms with Gasteiger partial charge in [-0.2, -0.15) is 10.5 Å². The zero-order valence-electron chi connectivity index (χ0n) is 27.2. The van der Waals surface area contributed by atoms with E-state index in [0.29, 0.717) is 51.6 Å². The molecule has 0 unspecified atom stereocenters. The van der Waals surface area contributed by atoms with Crippen molar-refractivity contribution in [2.45, 2.75) is 26.2 Å². The fourth-order valence-corrected chi connectivity index (χ4v) is 5.34. The third-order valence-corrected chi connectivity index (χ3v) is 8.16. The number of phenolic OH excluding ortho intramolecular Hbond substituents is 1. The molecule has 0 aliphatic rings. The molecule has 0 amide bonds. The third kappa shape index (κ3) is 7.33. The van der Waals surface area contributed by atoms with Crippen LogP contribution in [0.25, 0.3) is 0 Å². The first-order valence-corrected chi connectivity index (χ1v) is 15.6. The Bertz CT molecular complexity index is 2180. The van der Waals surface area contributed by atoms with Gasteiger partial charge in [0.25, 0.3) is 0 Å². The molecule has 0 aliphatic carbocycles. The highest BCUT2D eigenvalue weighted by molar-refractivity contribution is 5.56. The van der Waals surface area contributed by atoms with E-state index >= 15 is 0 Å². The van der Waals surface area contributed by atoms with E-state index in [1.165, 1.54) is 12.1 Å². The van der Waals surface area contributed by atoms with Crippen LogP contribution in [0.4, 0.5) is 0 Å². The minimum Gasteiger partial charge on any atom is -0.508 e. The lowest BCUT2D eigenvalue weighted by Crippen LogP contribution is -2.18. The van der Waals surface area contributed by atoms with Crippen molar-refractivity contribution in [3.8, 4) is 63.9 Å². The molecule has 0 saturated heterocycles. The first kappa shape index (κ1) is 32.2. The maximum absolute atomic E-state index is 9.90. The van der Waals surface area contributed by atoms with Crippen LogP contribution in [0.2, 0.25) is 0 Å². The second-order valence-corrected chi connectivity index (χ2v) is 11.9. The maximum atomic E-state index is 9.90. The van der Waals surface area contributed by atoms with Crippen LogP contribution < -0.4 is 18.9 Å². The summed E-state index contributed by atoms with van der Waals surface area (Å²) in [4.78, 5) is 0.